The molecule has 5 nitrogen and oxygen atoms in total. The summed E-state index contributed by atoms with van der Waals surface area (Å²) in [5.41, 5.74) is 0.0977. The molecule has 2 rings (SSSR count). The number of ketones is 1. The summed E-state index contributed by atoms with van der Waals surface area (Å²) < 4.78 is 10.8. The van der Waals surface area contributed by atoms with Crippen LogP contribution in [0.4, 0.5) is 4.79 Å². The molecular weight excluding hydrogens is 282 g/mol. The second-order valence-corrected chi connectivity index (χ2v) is 6.92. The van der Waals surface area contributed by atoms with Crippen LogP contribution in [0.15, 0.2) is 10.5 Å². The molecule has 22 heavy (non-hydrogen) atoms. The van der Waals surface area contributed by atoms with Crippen molar-refractivity contribution in [3.8, 4) is 0 Å². The van der Waals surface area contributed by atoms with Crippen LogP contribution >= 0.6 is 0 Å². The van der Waals surface area contributed by atoms with E-state index in [0.29, 0.717) is 24.3 Å². The first-order chi connectivity index (χ1) is 10.2. The highest BCUT2D eigenvalue weighted by molar-refractivity contribution is 5.97. The number of aryl methyl sites for hydroxylation is 2. The number of likely N-dealkylation sites (tertiary alicyclic amines) is 1. The van der Waals surface area contributed by atoms with Gasteiger partial charge in [-0.2, -0.15) is 0 Å². The van der Waals surface area contributed by atoms with Crippen LogP contribution in [0.5, 0.6) is 0 Å². The maximum atomic E-state index is 12.4. The van der Waals surface area contributed by atoms with Crippen molar-refractivity contribution in [1.82, 2.24) is 4.90 Å². The van der Waals surface area contributed by atoms with Crippen molar-refractivity contribution in [2.24, 2.45) is 0 Å². The monoisotopic (exact) mass is 307 g/mol. The second-order valence-electron chi connectivity index (χ2n) is 6.92. The van der Waals surface area contributed by atoms with Crippen LogP contribution in [0.3, 0.4) is 0 Å². The van der Waals surface area contributed by atoms with Crippen molar-refractivity contribution >= 4 is 11.9 Å². The Morgan fingerprint density at radius 1 is 1.36 bits per heavy atom. The Morgan fingerprint density at radius 3 is 2.59 bits per heavy atom. The lowest BCUT2D eigenvalue weighted by atomic mass is 10.0. The Balaban J connectivity index is 2.03. The van der Waals surface area contributed by atoms with Gasteiger partial charge in [0, 0.05) is 19.0 Å². The van der Waals surface area contributed by atoms with Gasteiger partial charge in [-0.25, -0.2) is 4.79 Å². The topological polar surface area (TPSA) is 59.8 Å². The third-order valence-corrected chi connectivity index (χ3v) is 3.77. The van der Waals surface area contributed by atoms with Crippen molar-refractivity contribution in [3.63, 3.8) is 0 Å². The van der Waals surface area contributed by atoms with E-state index in [1.807, 2.05) is 27.7 Å². The van der Waals surface area contributed by atoms with E-state index in [9.17, 15) is 9.59 Å². The average molecular weight is 307 g/mol. The van der Waals surface area contributed by atoms with Gasteiger partial charge in [0.05, 0.1) is 5.56 Å². The molecule has 1 fully saturated rings. The van der Waals surface area contributed by atoms with E-state index in [-0.39, 0.29) is 17.9 Å². The minimum Gasteiger partial charge on any atom is -0.466 e. The standard InChI is InChI=1S/C17H25NO4/c1-11-9-14(12(2)21-11)15(19)10-13-7-6-8-18(13)16(20)22-17(3,4)5/h9,13H,6-8,10H2,1-5H3. The zero-order valence-corrected chi connectivity index (χ0v) is 14.1. The predicted octanol–water partition coefficient (Wildman–Crippen LogP) is 3.87. The molecule has 5 heteroatoms. The molecule has 1 saturated heterocycles. The lowest BCUT2D eigenvalue weighted by molar-refractivity contribution is 0.0223. The number of amides is 1. The summed E-state index contributed by atoms with van der Waals surface area (Å²) >= 11 is 0. The first-order valence-corrected chi connectivity index (χ1v) is 7.77. The maximum Gasteiger partial charge on any atom is 0.410 e. The molecule has 1 aromatic rings. The van der Waals surface area contributed by atoms with Crippen molar-refractivity contribution in [3.05, 3.63) is 23.2 Å². The first-order valence-electron chi connectivity index (χ1n) is 7.77. The molecule has 0 saturated carbocycles. The fourth-order valence-corrected chi connectivity index (χ4v) is 2.84. The van der Waals surface area contributed by atoms with Gasteiger partial charge in [0.25, 0.3) is 0 Å². The lowest BCUT2D eigenvalue weighted by Crippen LogP contribution is -2.40. The van der Waals surface area contributed by atoms with Crippen LogP contribution in [0.2, 0.25) is 0 Å². The molecule has 1 unspecified atom stereocenters. The van der Waals surface area contributed by atoms with Crippen molar-refractivity contribution in [2.45, 2.75) is 65.5 Å². The lowest BCUT2D eigenvalue weighted by Gasteiger charge is -2.28. The molecule has 0 aliphatic carbocycles. The average Bonchev–Trinajstić information content (AvgIpc) is 2.93. The van der Waals surface area contributed by atoms with Crippen molar-refractivity contribution in [1.29, 1.82) is 0 Å². The van der Waals surface area contributed by atoms with E-state index in [2.05, 4.69) is 0 Å². The van der Waals surface area contributed by atoms with Crippen LogP contribution in [0, 0.1) is 13.8 Å². The largest absolute Gasteiger partial charge is 0.466 e. The summed E-state index contributed by atoms with van der Waals surface area (Å²) in [7, 11) is 0. The molecule has 1 aliphatic rings. The van der Waals surface area contributed by atoms with Crippen LogP contribution in [0.25, 0.3) is 0 Å². The smallest absolute Gasteiger partial charge is 0.410 e. The van der Waals surface area contributed by atoms with Gasteiger partial charge in [-0.1, -0.05) is 0 Å². The third-order valence-electron chi connectivity index (χ3n) is 3.77. The number of hydrogen-bond acceptors (Lipinski definition) is 4. The van der Waals surface area contributed by atoms with Gasteiger partial charge < -0.3 is 14.1 Å². The number of ether oxygens (including phenoxy) is 1. The molecule has 1 aromatic heterocycles. The molecule has 0 aromatic carbocycles. The minimum absolute atomic E-state index is 0.0230. The second kappa shape index (κ2) is 6.15. The predicted molar refractivity (Wildman–Crippen MR) is 83.1 cm³/mol. The summed E-state index contributed by atoms with van der Waals surface area (Å²) in [5, 5.41) is 0. The zero-order chi connectivity index (χ0) is 16.5. The van der Waals surface area contributed by atoms with Gasteiger partial charge in [0.1, 0.15) is 17.1 Å². The van der Waals surface area contributed by atoms with Gasteiger partial charge in [0.15, 0.2) is 5.78 Å². The molecule has 122 valence electrons. The van der Waals surface area contributed by atoms with E-state index in [1.165, 1.54) is 0 Å². The number of Topliss-reactive ketones (excluding diaryl/α,β-unsaturated/α-hetero) is 1. The number of carbonyl (C=O) groups excluding carboxylic acids is 2. The van der Waals surface area contributed by atoms with E-state index >= 15 is 0 Å². The fourth-order valence-electron chi connectivity index (χ4n) is 2.84. The Kier molecular flexibility index (Phi) is 4.63. The van der Waals surface area contributed by atoms with E-state index < -0.39 is 5.60 Å². The Labute approximate surface area is 131 Å². The van der Waals surface area contributed by atoms with Gasteiger partial charge in [-0.3, -0.25) is 4.79 Å². The van der Waals surface area contributed by atoms with Crippen molar-refractivity contribution in [2.75, 3.05) is 6.54 Å². The number of nitrogens with zero attached hydrogens (tertiary/aromatic N) is 1. The van der Waals surface area contributed by atoms with Gasteiger partial charge in [0.2, 0.25) is 0 Å². The molecular formula is C17H25NO4. The molecule has 1 aliphatic heterocycles. The molecule has 0 N–H and O–H groups in total. The molecule has 1 atom stereocenters. The van der Waals surface area contributed by atoms with E-state index in [4.69, 9.17) is 9.15 Å². The highest BCUT2D eigenvalue weighted by Crippen LogP contribution is 2.25. The van der Waals surface area contributed by atoms with Crippen LogP contribution in [-0.2, 0) is 4.74 Å². The Bertz CT molecular complexity index is 568. The highest BCUT2D eigenvalue weighted by atomic mass is 16.6. The molecule has 0 bridgehead atoms. The summed E-state index contributed by atoms with van der Waals surface area (Å²) in [6, 6.07) is 1.68. The van der Waals surface area contributed by atoms with Crippen LogP contribution in [-0.4, -0.2) is 35.0 Å². The summed E-state index contributed by atoms with van der Waals surface area (Å²) in [4.78, 5) is 26.4. The Morgan fingerprint density at radius 2 is 2.05 bits per heavy atom. The number of hydrogen-bond donors (Lipinski definition) is 0. The normalized spacial score (nSPS) is 18.6. The molecule has 1 amide bonds. The van der Waals surface area contributed by atoms with Crippen LogP contribution < -0.4 is 0 Å². The first kappa shape index (κ1) is 16.6. The van der Waals surface area contributed by atoms with Crippen molar-refractivity contribution < 1.29 is 18.7 Å². The number of carbonyl (C=O) groups is 2. The number of rotatable bonds is 3. The quantitative estimate of drug-likeness (QED) is 0.795. The molecule has 0 spiro atoms. The van der Waals surface area contributed by atoms with Gasteiger partial charge >= 0.3 is 6.09 Å². The zero-order valence-electron chi connectivity index (χ0n) is 14.1. The van der Waals surface area contributed by atoms with Gasteiger partial charge in [-0.15, -0.1) is 0 Å². The molecule has 0 radical (unpaired) electrons. The highest BCUT2D eigenvalue weighted by Gasteiger charge is 2.34. The Hall–Kier alpha value is -1.78. The summed E-state index contributed by atoms with van der Waals surface area (Å²) in [6.07, 6.45) is 1.73. The fraction of sp³-hybridized carbons (Fsp3) is 0.647. The number of furan rings is 1. The minimum atomic E-state index is -0.521. The van der Waals surface area contributed by atoms with Crippen LogP contribution in [0.1, 0.15) is 61.9 Å². The SMILES string of the molecule is Cc1cc(C(=O)CC2CCCN2C(=O)OC(C)(C)C)c(C)o1. The summed E-state index contributed by atoms with van der Waals surface area (Å²) in [5.74, 6) is 1.40. The van der Waals surface area contributed by atoms with E-state index in [0.717, 1.165) is 18.6 Å². The third kappa shape index (κ3) is 3.90. The summed E-state index contributed by atoms with van der Waals surface area (Å²) in [6.45, 7) is 9.80. The molecule has 2 heterocycles. The van der Waals surface area contributed by atoms with Gasteiger partial charge in [-0.05, 0) is 53.5 Å². The maximum absolute atomic E-state index is 12.4. The van der Waals surface area contributed by atoms with E-state index in [1.54, 1.807) is 17.9 Å².